The summed E-state index contributed by atoms with van der Waals surface area (Å²) in [5.41, 5.74) is 2.49. The molecule has 0 saturated carbocycles. The van der Waals surface area contributed by atoms with Crippen LogP contribution in [0.5, 0.6) is 0 Å². The van der Waals surface area contributed by atoms with E-state index in [1.807, 2.05) is 7.05 Å². The molecule has 0 fully saturated rings. The number of hydrogen-bond donors (Lipinski definition) is 0. The van der Waals surface area contributed by atoms with Crippen molar-refractivity contribution in [2.45, 2.75) is 18.3 Å². The number of rotatable bonds is 5. The lowest BCUT2D eigenvalue weighted by Crippen LogP contribution is -2.31. The Hall–Kier alpha value is -0.870. The van der Waals surface area contributed by atoms with Gasteiger partial charge in [0.05, 0.1) is 7.11 Å². The zero-order valence-electron chi connectivity index (χ0n) is 10.4. The Morgan fingerprint density at radius 2 is 2.00 bits per heavy atom. The van der Waals surface area contributed by atoms with E-state index < -0.39 is 0 Å². The van der Waals surface area contributed by atoms with Crippen molar-refractivity contribution >= 4 is 21.9 Å². The summed E-state index contributed by atoms with van der Waals surface area (Å²) in [5, 5.41) is 0. The van der Waals surface area contributed by atoms with Crippen LogP contribution in [-0.2, 0) is 16.1 Å². The highest BCUT2D eigenvalue weighted by molar-refractivity contribution is 9.10. The number of alkyl halides is 1. The fourth-order valence-electron chi connectivity index (χ4n) is 1.55. The van der Waals surface area contributed by atoms with Gasteiger partial charge in [-0.1, -0.05) is 45.8 Å². The van der Waals surface area contributed by atoms with E-state index in [-0.39, 0.29) is 10.8 Å². The molecule has 1 unspecified atom stereocenters. The summed E-state index contributed by atoms with van der Waals surface area (Å²) >= 11 is 3.31. The topological polar surface area (TPSA) is 29.5 Å². The molecular weight excluding hydrogens is 282 g/mol. The van der Waals surface area contributed by atoms with Crippen LogP contribution in [0.3, 0.4) is 0 Å². The average Bonchev–Trinajstić information content (AvgIpc) is 2.30. The van der Waals surface area contributed by atoms with E-state index >= 15 is 0 Å². The number of methoxy groups -OCH3 is 1. The van der Waals surface area contributed by atoms with Gasteiger partial charge < -0.3 is 9.64 Å². The first-order chi connectivity index (χ1) is 8.02. The molecule has 1 aromatic rings. The molecule has 0 spiro atoms. The van der Waals surface area contributed by atoms with Crippen LogP contribution in [0.2, 0.25) is 0 Å². The summed E-state index contributed by atoms with van der Waals surface area (Å²) in [6.07, 6.45) is 0. The largest absolute Gasteiger partial charge is 0.468 e. The van der Waals surface area contributed by atoms with E-state index in [9.17, 15) is 4.79 Å². The van der Waals surface area contributed by atoms with Gasteiger partial charge in [-0.2, -0.15) is 0 Å². The highest BCUT2D eigenvalue weighted by Crippen LogP contribution is 2.09. The van der Waals surface area contributed by atoms with Crippen LogP contribution in [0.25, 0.3) is 0 Å². The zero-order chi connectivity index (χ0) is 12.8. The van der Waals surface area contributed by atoms with Crippen LogP contribution >= 0.6 is 15.9 Å². The van der Waals surface area contributed by atoms with Crippen molar-refractivity contribution in [3.8, 4) is 0 Å². The van der Waals surface area contributed by atoms with Crippen molar-refractivity contribution in [2.24, 2.45) is 0 Å². The summed E-state index contributed by atoms with van der Waals surface area (Å²) in [6.45, 7) is 3.51. The van der Waals surface area contributed by atoms with Gasteiger partial charge in [0, 0.05) is 13.1 Å². The van der Waals surface area contributed by atoms with E-state index in [0.29, 0.717) is 6.54 Å². The first kappa shape index (κ1) is 14.2. The standard InChI is InChI=1S/C13H18BrNO2/c1-10-4-6-11(7-5-10)8-15(2)9-12(14)13(16)17-3/h4-7,12H,8-9H2,1-3H3. The third-order valence-corrected chi connectivity index (χ3v) is 3.17. The van der Waals surface area contributed by atoms with Crippen LogP contribution in [0.15, 0.2) is 24.3 Å². The minimum Gasteiger partial charge on any atom is -0.468 e. The van der Waals surface area contributed by atoms with Gasteiger partial charge in [0.2, 0.25) is 0 Å². The summed E-state index contributed by atoms with van der Waals surface area (Å²) in [5.74, 6) is -0.235. The Balaban J connectivity index is 2.46. The predicted molar refractivity (Wildman–Crippen MR) is 72.2 cm³/mol. The number of esters is 1. The van der Waals surface area contributed by atoms with Crippen molar-refractivity contribution in [3.05, 3.63) is 35.4 Å². The molecule has 0 radical (unpaired) electrons. The highest BCUT2D eigenvalue weighted by Gasteiger charge is 2.17. The monoisotopic (exact) mass is 299 g/mol. The number of hydrogen-bond acceptors (Lipinski definition) is 3. The normalized spacial score (nSPS) is 12.5. The van der Waals surface area contributed by atoms with E-state index in [0.717, 1.165) is 6.54 Å². The Morgan fingerprint density at radius 1 is 1.41 bits per heavy atom. The Labute approximate surface area is 111 Å². The molecule has 1 atom stereocenters. The van der Waals surface area contributed by atoms with Crippen LogP contribution in [0.1, 0.15) is 11.1 Å². The maximum atomic E-state index is 11.2. The third kappa shape index (κ3) is 4.88. The molecule has 0 N–H and O–H groups in total. The van der Waals surface area contributed by atoms with Gasteiger partial charge in [-0.3, -0.25) is 4.79 Å². The molecule has 0 aromatic heterocycles. The summed E-state index contributed by atoms with van der Waals surface area (Å²) in [7, 11) is 3.38. The van der Waals surface area contributed by atoms with Crippen molar-refractivity contribution in [1.82, 2.24) is 4.90 Å². The second-order valence-electron chi connectivity index (χ2n) is 4.17. The van der Waals surface area contributed by atoms with Crippen molar-refractivity contribution in [3.63, 3.8) is 0 Å². The first-order valence-electron chi connectivity index (χ1n) is 5.49. The number of carbonyl (C=O) groups excluding carboxylic acids is 1. The number of nitrogens with zero attached hydrogens (tertiary/aromatic N) is 1. The van der Waals surface area contributed by atoms with E-state index in [2.05, 4.69) is 56.8 Å². The average molecular weight is 300 g/mol. The lowest BCUT2D eigenvalue weighted by Gasteiger charge is -2.19. The van der Waals surface area contributed by atoms with Crippen molar-refractivity contribution in [2.75, 3.05) is 20.7 Å². The Morgan fingerprint density at radius 3 is 2.53 bits per heavy atom. The van der Waals surface area contributed by atoms with Gasteiger partial charge in [0.15, 0.2) is 0 Å². The predicted octanol–water partition coefficient (Wildman–Crippen LogP) is 2.36. The van der Waals surface area contributed by atoms with Gasteiger partial charge in [-0.25, -0.2) is 0 Å². The maximum absolute atomic E-state index is 11.2. The number of benzene rings is 1. The summed E-state index contributed by atoms with van der Waals surface area (Å²) in [6, 6.07) is 8.39. The second-order valence-corrected chi connectivity index (χ2v) is 5.28. The molecule has 0 aliphatic heterocycles. The number of carbonyl (C=O) groups is 1. The molecule has 17 heavy (non-hydrogen) atoms. The highest BCUT2D eigenvalue weighted by atomic mass is 79.9. The van der Waals surface area contributed by atoms with E-state index in [4.69, 9.17) is 0 Å². The summed E-state index contributed by atoms with van der Waals surface area (Å²) in [4.78, 5) is 13.1. The molecule has 94 valence electrons. The molecule has 1 rings (SSSR count). The van der Waals surface area contributed by atoms with E-state index in [1.54, 1.807) is 0 Å². The lowest BCUT2D eigenvalue weighted by molar-refractivity contribution is -0.140. The third-order valence-electron chi connectivity index (χ3n) is 2.50. The van der Waals surface area contributed by atoms with Crippen LogP contribution in [0, 0.1) is 6.92 Å². The molecule has 0 amide bonds. The van der Waals surface area contributed by atoms with Crippen molar-refractivity contribution < 1.29 is 9.53 Å². The molecule has 0 heterocycles. The van der Waals surface area contributed by atoms with Crippen molar-refractivity contribution in [1.29, 1.82) is 0 Å². The molecule has 3 nitrogen and oxygen atoms in total. The Kier molecular flexibility index (Phi) is 5.65. The lowest BCUT2D eigenvalue weighted by atomic mass is 10.1. The van der Waals surface area contributed by atoms with Gasteiger partial charge in [-0.05, 0) is 19.5 Å². The molecule has 0 aliphatic rings. The van der Waals surface area contributed by atoms with Crippen LogP contribution < -0.4 is 0 Å². The minimum absolute atomic E-state index is 0.235. The smallest absolute Gasteiger partial charge is 0.320 e. The molecule has 0 bridgehead atoms. The molecular formula is C13H18BrNO2. The fourth-order valence-corrected chi connectivity index (χ4v) is 2.23. The van der Waals surface area contributed by atoms with Gasteiger partial charge in [0.1, 0.15) is 4.83 Å². The van der Waals surface area contributed by atoms with Gasteiger partial charge >= 0.3 is 5.97 Å². The maximum Gasteiger partial charge on any atom is 0.320 e. The van der Waals surface area contributed by atoms with Gasteiger partial charge in [0.25, 0.3) is 0 Å². The van der Waals surface area contributed by atoms with Crippen LogP contribution in [-0.4, -0.2) is 36.4 Å². The molecule has 0 saturated heterocycles. The Bertz CT molecular complexity index is 364. The SMILES string of the molecule is COC(=O)C(Br)CN(C)Cc1ccc(C)cc1. The fraction of sp³-hybridized carbons (Fsp3) is 0.462. The number of halogens is 1. The molecule has 4 heteroatoms. The van der Waals surface area contributed by atoms with E-state index in [1.165, 1.54) is 18.2 Å². The van der Waals surface area contributed by atoms with Gasteiger partial charge in [-0.15, -0.1) is 0 Å². The first-order valence-corrected chi connectivity index (χ1v) is 6.40. The number of aryl methyl sites for hydroxylation is 1. The van der Waals surface area contributed by atoms with Crippen LogP contribution in [0.4, 0.5) is 0 Å². The molecule has 1 aromatic carbocycles. The summed E-state index contributed by atoms with van der Waals surface area (Å²) < 4.78 is 4.67. The second kappa shape index (κ2) is 6.77. The number of ether oxygens (including phenoxy) is 1. The zero-order valence-corrected chi connectivity index (χ0v) is 12.0. The quantitative estimate of drug-likeness (QED) is 0.617. The molecule has 0 aliphatic carbocycles. The minimum atomic E-state index is -0.275.